The SMILES string of the molecule is C=C1C(=O)O[C@@H]2/C=C(/C)C3=CC(=O)[C@@](C)(C[C@@H](OC(=O)C4(C)OC4C)[C@@H]12)O3. The number of allylic oxidation sites excluding steroid dienone is 1. The Hall–Kier alpha value is -2.41. The summed E-state index contributed by atoms with van der Waals surface area (Å²) in [4.78, 5) is 37.4. The van der Waals surface area contributed by atoms with Gasteiger partial charge >= 0.3 is 11.9 Å². The molecule has 2 fully saturated rings. The lowest BCUT2D eigenvalue weighted by molar-refractivity contribution is -0.162. The Morgan fingerprint density at radius 2 is 2.00 bits per heavy atom. The molecular formula is C20H22O7. The highest BCUT2D eigenvalue weighted by Crippen LogP contribution is 2.44. The van der Waals surface area contributed by atoms with Gasteiger partial charge in [0, 0.05) is 18.1 Å². The Morgan fingerprint density at radius 1 is 1.33 bits per heavy atom. The molecule has 4 rings (SSSR count). The molecule has 0 radical (unpaired) electrons. The maximum absolute atomic E-state index is 12.7. The van der Waals surface area contributed by atoms with Crippen molar-refractivity contribution < 1.29 is 33.3 Å². The van der Waals surface area contributed by atoms with Crippen LogP contribution >= 0.6 is 0 Å². The highest BCUT2D eigenvalue weighted by molar-refractivity contribution is 6.00. The first-order valence-corrected chi connectivity index (χ1v) is 8.98. The number of hydrogen-bond donors (Lipinski definition) is 0. The van der Waals surface area contributed by atoms with Gasteiger partial charge in [0.15, 0.2) is 11.2 Å². The summed E-state index contributed by atoms with van der Waals surface area (Å²) in [5.74, 6) is -1.43. The number of carbonyl (C=O) groups excluding carboxylic acids is 3. The van der Waals surface area contributed by atoms with Crippen molar-refractivity contribution in [1.82, 2.24) is 0 Å². The van der Waals surface area contributed by atoms with E-state index in [0.717, 1.165) is 0 Å². The minimum atomic E-state index is -1.19. The summed E-state index contributed by atoms with van der Waals surface area (Å²) in [6.07, 6.45) is 1.52. The van der Waals surface area contributed by atoms with Gasteiger partial charge in [-0.1, -0.05) is 6.58 Å². The van der Waals surface area contributed by atoms with Gasteiger partial charge in [0.25, 0.3) is 0 Å². The van der Waals surface area contributed by atoms with Gasteiger partial charge < -0.3 is 18.9 Å². The average Bonchev–Trinajstić information content (AvgIpc) is 2.93. The summed E-state index contributed by atoms with van der Waals surface area (Å²) >= 11 is 0. The van der Waals surface area contributed by atoms with Crippen molar-refractivity contribution in [3.63, 3.8) is 0 Å². The molecule has 144 valence electrons. The van der Waals surface area contributed by atoms with E-state index in [-0.39, 0.29) is 23.9 Å². The van der Waals surface area contributed by atoms with E-state index in [4.69, 9.17) is 18.9 Å². The number of rotatable bonds is 2. The van der Waals surface area contributed by atoms with Crippen LogP contribution in [0.25, 0.3) is 0 Å². The van der Waals surface area contributed by atoms with Crippen LogP contribution in [0.5, 0.6) is 0 Å². The molecule has 0 aromatic carbocycles. The summed E-state index contributed by atoms with van der Waals surface area (Å²) in [7, 11) is 0. The normalized spacial score (nSPS) is 44.7. The van der Waals surface area contributed by atoms with E-state index < -0.39 is 41.3 Å². The van der Waals surface area contributed by atoms with Gasteiger partial charge in [-0.05, 0) is 39.3 Å². The Morgan fingerprint density at radius 3 is 2.63 bits per heavy atom. The summed E-state index contributed by atoms with van der Waals surface area (Å²) in [6.45, 7) is 10.7. The standard InChI is InChI=1S/C20H22O7/c1-9-6-13-16(10(2)17(22)24-13)14(25-18(23)20(5)11(3)26-20)8-19(4)15(21)7-12(9)27-19/h6-7,11,13-14,16H,2,8H2,1,3-5H3/b9-6-/t11?,13-,14-,16+,19-,20?/m1/s1. The third-order valence-corrected chi connectivity index (χ3v) is 5.98. The van der Waals surface area contributed by atoms with Crippen LogP contribution in [0.4, 0.5) is 0 Å². The Kier molecular flexibility index (Phi) is 3.69. The third-order valence-electron chi connectivity index (χ3n) is 5.98. The fourth-order valence-corrected chi connectivity index (χ4v) is 3.87. The van der Waals surface area contributed by atoms with Crippen LogP contribution in [0.3, 0.4) is 0 Å². The highest BCUT2D eigenvalue weighted by atomic mass is 16.7. The van der Waals surface area contributed by atoms with Crippen LogP contribution in [-0.4, -0.2) is 47.2 Å². The number of fused-ring (bicyclic) bond motifs is 3. The average molecular weight is 374 g/mol. The first kappa shape index (κ1) is 18.0. The molecule has 4 aliphatic rings. The van der Waals surface area contributed by atoms with Gasteiger partial charge in [-0.15, -0.1) is 0 Å². The zero-order valence-corrected chi connectivity index (χ0v) is 15.7. The van der Waals surface area contributed by atoms with Crippen LogP contribution in [0.2, 0.25) is 0 Å². The molecule has 2 unspecified atom stereocenters. The van der Waals surface area contributed by atoms with Crippen molar-refractivity contribution in [3.05, 3.63) is 35.6 Å². The summed E-state index contributed by atoms with van der Waals surface area (Å²) < 4.78 is 22.5. The van der Waals surface area contributed by atoms with Crippen molar-refractivity contribution in [2.24, 2.45) is 5.92 Å². The summed E-state index contributed by atoms with van der Waals surface area (Å²) in [5, 5.41) is 0. The quantitative estimate of drug-likeness (QED) is 0.413. The topological polar surface area (TPSA) is 91.4 Å². The zero-order chi connectivity index (χ0) is 19.7. The van der Waals surface area contributed by atoms with E-state index >= 15 is 0 Å². The molecular weight excluding hydrogens is 352 g/mol. The third kappa shape index (κ3) is 2.64. The molecule has 0 amide bonds. The largest absolute Gasteiger partial charge is 0.479 e. The molecule has 0 aliphatic carbocycles. The van der Waals surface area contributed by atoms with E-state index in [9.17, 15) is 14.4 Å². The lowest BCUT2D eigenvalue weighted by Crippen LogP contribution is -2.44. The van der Waals surface area contributed by atoms with Gasteiger partial charge in [0.2, 0.25) is 5.78 Å². The maximum Gasteiger partial charge on any atom is 0.341 e. The molecule has 0 N–H and O–H groups in total. The molecule has 4 aliphatic heterocycles. The zero-order valence-electron chi connectivity index (χ0n) is 15.7. The van der Waals surface area contributed by atoms with E-state index in [2.05, 4.69) is 6.58 Å². The fraction of sp³-hybridized carbons (Fsp3) is 0.550. The number of esters is 2. The molecule has 27 heavy (non-hydrogen) atoms. The smallest absolute Gasteiger partial charge is 0.341 e. The molecule has 6 atom stereocenters. The molecule has 0 aromatic heterocycles. The first-order chi connectivity index (χ1) is 12.5. The predicted molar refractivity (Wildman–Crippen MR) is 92.3 cm³/mol. The van der Waals surface area contributed by atoms with Crippen molar-refractivity contribution in [3.8, 4) is 0 Å². The van der Waals surface area contributed by atoms with E-state index in [1.54, 1.807) is 33.8 Å². The number of ether oxygens (including phenoxy) is 4. The Bertz CT molecular complexity index is 837. The van der Waals surface area contributed by atoms with Crippen LogP contribution in [0.15, 0.2) is 35.6 Å². The highest BCUT2D eigenvalue weighted by Gasteiger charge is 2.59. The molecule has 4 heterocycles. The molecule has 2 saturated heterocycles. The lowest BCUT2D eigenvalue weighted by atomic mass is 9.82. The minimum absolute atomic E-state index is 0.0833. The first-order valence-electron chi connectivity index (χ1n) is 8.98. The molecule has 0 spiro atoms. The summed E-state index contributed by atoms with van der Waals surface area (Å²) in [5.41, 5.74) is -1.30. The van der Waals surface area contributed by atoms with Gasteiger partial charge in [-0.3, -0.25) is 4.79 Å². The monoisotopic (exact) mass is 374 g/mol. The summed E-state index contributed by atoms with van der Waals surface area (Å²) in [6, 6.07) is 0. The molecule has 0 aromatic rings. The van der Waals surface area contributed by atoms with Crippen molar-refractivity contribution in [2.45, 2.75) is 63.6 Å². The number of ketones is 1. The predicted octanol–water partition coefficient (Wildman–Crippen LogP) is 1.77. The van der Waals surface area contributed by atoms with Crippen LogP contribution in [0, 0.1) is 5.92 Å². The second-order valence-electron chi connectivity index (χ2n) is 7.99. The van der Waals surface area contributed by atoms with Crippen molar-refractivity contribution in [2.75, 3.05) is 0 Å². The molecule has 7 heteroatoms. The number of hydrogen-bond acceptors (Lipinski definition) is 7. The van der Waals surface area contributed by atoms with Crippen molar-refractivity contribution in [1.29, 1.82) is 0 Å². The van der Waals surface area contributed by atoms with Gasteiger partial charge in [0.05, 0.1) is 12.0 Å². The lowest BCUT2D eigenvalue weighted by Gasteiger charge is -2.31. The van der Waals surface area contributed by atoms with E-state index in [1.165, 1.54) is 6.08 Å². The second-order valence-corrected chi connectivity index (χ2v) is 7.99. The molecule has 2 bridgehead atoms. The maximum atomic E-state index is 12.7. The van der Waals surface area contributed by atoms with Crippen molar-refractivity contribution >= 4 is 17.7 Å². The van der Waals surface area contributed by atoms with Gasteiger partial charge in [-0.25, -0.2) is 9.59 Å². The van der Waals surface area contributed by atoms with E-state index in [1.807, 2.05) is 0 Å². The number of epoxide rings is 1. The Labute approximate surface area is 157 Å². The van der Waals surface area contributed by atoms with E-state index in [0.29, 0.717) is 11.3 Å². The Balaban J connectivity index is 1.73. The van der Waals surface area contributed by atoms with Crippen LogP contribution < -0.4 is 0 Å². The second kappa shape index (κ2) is 5.55. The minimum Gasteiger partial charge on any atom is -0.479 e. The fourth-order valence-electron chi connectivity index (χ4n) is 3.87. The molecule has 0 saturated carbocycles. The number of carbonyl (C=O) groups is 3. The van der Waals surface area contributed by atoms with Gasteiger partial charge in [-0.2, -0.15) is 0 Å². The van der Waals surface area contributed by atoms with Crippen LogP contribution in [-0.2, 0) is 33.3 Å². The van der Waals surface area contributed by atoms with Gasteiger partial charge in [0.1, 0.15) is 18.0 Å². The van der Waals surface area contributed by atoms with Crippen LogP contribution in [0.1, 0.15) is 34.1 Å². The molecule has 7 nitrogen and oxygen atoms in total.